The van der Waals surface area contributed by atoms with Crippen molar-refractivity contribution in [3.8, 4) is 11.5 Å². The number of amides is 2. The number of halogens is 1. The van der Waals surface area contributed by atoms with Crippen LogP contribution < -0.4 is 9.47 Å². The third kappa shape index (κ3) is 3.92. The highest BCUT2D eigenvalue weighted by molar-refractivity contribution is 6.31. The Balaban J connectivity index is 1.57. The van der Waals surface area contributed by atoms with E-state index in [1.165, 1.54) is 19.4 Å². The van der Waals surface area contributed by atoms with Crippen molar-refractivity contribution in [2.75, 3.05) is 13.7 Å². The summed E-state index contributed by atoms with van der Waals surface area (Å²) in [5.41, 5.74) is 0.362. The lowest BCUT2D eigenvalue weighted by Gasteiger charge is -2.15. The van der Waals surface area contributed by atoms with Crippen LogP contribution in [0.4, 0.5) is 0 Å². The second-order valence-electron chi connectivity index (χ2n) is 8.09. The van der Waals surface area contributed by atoms with Crippen LogP contribution in [-0.2, 0) is 19.1 Å². The molecule has 1 saturated carbocycles. The molecule has 9 heteroatoms. The van der Waals surface area contributed by atoms with E-state index in [0.717, 1.165) is 11.4 Å². The van der Waals surface area contributed by atoms with Gasteiger partial charge in [0, 0.05) is 16.7 Å². The van der Waals surface area contributed by atoms with E-state index in [1.54, 1.807) is 19.9 Å². The van der Waals surface area contributed by atoms with Gasteiger partial charge in [-0.15, -0.1) is 0 Å². The van der Waals surface area contributed by atoms with Crippen LogP contribution in [0.25, 0.3) is 0 Å². The Bertz CT molecular complexity index is 958. The molecule has 2 fully saturated rings. The number of nitrogens with zero attached hydrogens (tertiary/aromatic N) is 2. The summed E-state index contributed by atoms with van der Waals surface area (Å²) in [5, 5.41) is 5.44. The normalized spacial score (nSPS) is 26.3. The number of hydrogen-bond donors (Lipinski definition) is 0. The van der Waals surface area contributed by atoms with Crippen molar-refractivity contribution >= 4 is 35.6 Å². The lowest BCUT2D eigenvalue weighted by molar-refractivity contribution is -0.149. The van der Waals surface area contributed by atoms with E-state index in [0.29, 0.717) is 10.6 Å². The predicted molar refractivity (Wildman–Crippen MR) is 112 cm³/mol. The monoisotopic (exact) mass is 446 g/mol. The number of hydrogen-bond acceptors (Lipinski definition) is 7. The van der Waals surface area contributed by atoms with Gasteiger partial charge in [-0.25, -0.2) is 4.79 Å². The molecule has 1 saturated heterocycles. The number of fused-ring (bicyclic) bond motifs is 5. The predicted octanol–water partition coefficient (Wildman–Crippen LogP) is 2.82. The molecule has 0 spiro atoms. The highest BCUT2D eigenvalue weighted by atomic mass is 35.5. The van der Waals surface area contributed by atoms with Gasteiger partial charge in [0.1, 0.15) is 0 Å². The number of ether oxygens (including phenoxy) is 3. The number of benzene rings is 1. The van der Waals surface area contributed by atoms with E-state index in [1.807, 2.05) is 12.2 Å². The van der Waals surface area contributed by atoms with Crippen LogP contribution in [0, 0.1) is 23.7 Å². The number of carbonyl (C=O) groups excluding carboxylic acids is 3. The molecule has 164 valence electrons. The summed E-state index contributed by atoms with van der Waals surface area (Å²) in [6.07, 6.45) is 5.94. The van der Waals surface area contributed by atoms with Gasteiger partial charge in [0.15, 0.2) is 18.1 Å². The molecule has 8 nitrogen and oxygen atoms in total. The first-order valence-corrected chi connectivity index (χ1v) is 10.5. The third-order valence-corrected chi connectivity index (χ3v) is 5.95. The average molecular weight is 447 g/mol. The highest BCUT2D eigenvalue weighted by Crippen LogP contribution is 2.52. The number of allylic oxidation sites excluding steroid dienone is 2. The molecular weight excluding hydrogens is 424 g/mol. The molecule has 4 atom stereocenters. The minimum Gasteiger partial charge on any atom is -0.493 e. The summed E-state index contributed by atoms with van der Waals surface area (Å²) in [6, 6.07) is 3.08. The van der Waals surface area contributed by atoms with E-state index in [9.17, 15) is 14.4 Å². The van der Waals surface area contributed by atoms with Crippen molar-refractivity contribution < 1.29 is 28.6 Å². The SMILES string of the molecule is COc1cc(Cl)cc(C=NN2C(=O)[C@@H]3[C@H](C2=O)[C@H]2C=C[C@H]3C2)c1OCC(=O)OC(C)C. The second kappa shape index (κ2) is 8.34. The zero-order valence-corrected chi connectivity index (χ0v) is 18.2. The highest BCUT2D eigenvalue weighted by Gasteiger charge is 2.59. The number of carbonyl (C=O) groups is 3. The minimum atomic E-state index is -0.546. The van der Waals surface area contributed by atoms with E-state index in [4.69, 9.17) is 25.8 Å². The van der Waals surface area contributed by atoms with Crippen LogP contribution in [0.3, 0.4) is 0 Å². The summed E-state index contributed by atoms with van der Waals surface area (Å²) >= 11 is 6.16. The largest absolute Gasteiger partial charge is 0.493 e. The molecule has 1 aliphatic heterocycles. The van der Waals surface area contributed by atoms with Crippen LogP contribution >= 0.6 is 11.6 Å². The van der Waals surface area contributed by atoms with Gasteiger partial charge in [-0.1, -0.05) is 23.8 Å². The maximum Gasteiger partial charge on any atom is 0.344 e. The standard InChI is InChI=1S/C22H23ClN2O6/c1-11(2)31-17(26)10-30-20-14(7-15(23)8-16(20)29-3)9-24-25-21(27)18-12-4-5-13(6-12)19(18)22(25)28/h4-5,7-9,11-13,18-19H,6,10H2,1-3H3/t12-,13-,18-,19+/m0/s1. The number of esters is 1. The Kier molecular flexibility index (Phi) is 5.75. The van der Waals surface area contributed by atoms with Gasteiger partial charge >= 0.3 is 5.97 Å². The first-order chi connectivity index (χ1) is 14.8. The fraction of sp³-hybridized carbons (Fsp3) is 0.455. The Morgan fingerprint density at radius 1 is 1.23 bits per heavy atom. The second-order valence-corrected chi connectivity index (χ2v) is 8.52. The maximum atomic E-state index is 12.8. The fourth-order valence-corrected chi connectivity index (χ4v) is 4.76. The van der Waals surface area contributed by atoms with Crippen molar-refractivity contribution in [3.63, 3.8) is 0 Å². The van der Waals surface area contributed by atoms with Gasteiger partial charge in [-0.3, -0.25) is 9.59 Å². The molecule has 1 heterocycles. The molecule has 0 N–H and O–H groups in total. The number of imide groups is 1. The Morgan fingerprint density at radius 3 is 2.45 bits per heavy atom. The molecule has 3 aliphatic rings. The van der Waals surface area contributed by atoms with E-state index in [-0.39, 0.29) is 59.7 Å². The molecule has 2 bridgehead atoms. The first kappa shape index (κ1) is 21.4. The van der Waals surface area contributed by atoms with Crippen molar-refractivity contribution in [2.45, 2.75) is 26.4 Å². The van der Waals surface area contributed by atoms with Gasteiger partial charge in [0.05, 0.1) is 31.3 Å². The summed E-state index contributed by atoms with van der Waals surface area (Å²) < 4.78 is 16.0. The summed E-state index contributed by atoms with van der Waals surface area (Å²) in [7, 11) is 1.43. The summed E-state index contributed by atoms with van der Waals surface area (Å²) in [6.45, 7) is 3.12. The lowest BCUT2D eigenvalue weighted by atomic mass is 9.85. The van der Waals surface area contributed by atoms with Crippen LogP contribution in [0.15, 0.2) is 29.4 Å². The minimum absolute atomic E-state index is 0.101. The van der Waals surface area contributed by atoms with Crippen molar-refractivity contribution in [1.29, 1.82) is 0 Å². The van der Waals surface area contributed by atoms with Crippen LogP contribution in [0.2, 0.25) is 5.02 Å². The summed E-state index contributed by atoms with van der Waals surface area (Å²) in [4.78, 5) is 37.5. The summed E-state index contributed by atoms with van der Waals surface area (Å²) in [5.74, 6) is -1.12. The lowest BCUT2D eigenvalue weighted by Crippen LogP contribution is -2.28. The Morgan fingerprint density at radius 2 is 1.87 bits per heavy atom. The zero-order valence-electron chi connectivity index (χ0n) is 17.4. The van der Waals surface area contributed by atoms with Crippen molar-refractivity contribution in [1.82, 2.24) is 5.01 Å². The van der Waals surface area contributed by atoms with Crippen molar-refractivity contribution in [2.24, 2.45) is 28.8 Å². The quantitative estimate of drug-likeness (QED) is 0.276. The maximum absolute atomic E-state index is 12.8. The van der Waals surface area contributed by atoms with E-state index >= 15 is 0 Å². The molecular formula is C22H23ClN2O6. The molecule has 0 unspecified atom stereocenters. The van der Waals surface area contributed by atoms with Gasteiger partial charge in [0.25, 0.3) is 11.8 Å². The molecule has 1 aromatic rings. The van der Waals surface area contributed by atoms with E-state index < -0.39 is 5.97 Å². The van der Waals surface area contributed by atoms with Gasteiger partial charge in [-0.2, -0.15) is 10.1 Å². The van der Waals surface area contributed by atoms with Gasteiger partial charge in [-0.05, 0) is 38.2 Å². The molecule has 2 amide bonds. The smallest absolute Gasteiger partial charge is 0.344 e. The number of methoxy groups -OCH3 is 1. The Hall–Kier alpha value is -2.87. The van der Waals surface area contributed by atoms with E-state index in [2.05, 4.69) is 5.10 Å². The van der Waals surface area contributed by atoms with Gasteiger partial charge in [0.2, 0.25) is 0 Å². The van der Waals surface area contributed by atoms with Crippen molar-refractivity contribution in [3.05, 3.63) is 34.9 Å². The van der Waals surface area contributed by atoms with Crippen LogP contribution in [0.5, 0.6) is 11.5 Å². The number of rotatable bonds is 7. The topological polar surface area (TPSA) is 94.5 Å². The number of hydrazone groups is 1. The average Bonchev–Trinajstić information content (AvgIpc) is 3.39. The van der Waals surface area contributed by atoms with Crippen LogP contribution in [0.1, 0.15) is 25.8 Å². The molecule has 1 aromatic carbocycles. The third-order valence-electron chi connectivity index (χ3n) is 5.73. The van der Waals surface area contributed by atoms with Crippen LogP contribution in [-0.4, -0.2) is 48.8 Å². The van der Waals surface area contributed by atoms with Gasteiger partial charge < -0.3 is 14.2 Å². The Labute approximate surface area is 184 Å². The molecule has 0 radical (unpaired) electrons. The zero-order chi connectivity index (χ0) is 22.3. The molecule has 4 rings (SSSR count). The molecule has 2 aliphatic carbocycles. The molecule has 0 aromatic heterocycles. The first-order valence-electron chi connectivity index (χ1n) is 10.1. The fourth-order valence-electron chi connectivity index (χ4n) is 4.54. The molecule has 31 heavy (non-hydrogen) atoms.